The highest BCUT2D eigenvalue weighted by atomic mass is 32.3. The first-order valence-electron chi connectivity index (χ1n) is 7.61. The summed E-state index contributed by atoms with van der Waals surface area (Å²) in [5.74, 6) is 0. The summed E-state index contributed by atoms with van der Waals surface area (Å²) in [6.45, 7) is 0. The van der Waals surface area contributed by atoms with E-state index < -0.39 is 20.5 Å². The molecule has 0 aromatic heterocycles. The minimum Gasteiger partial charge on any atom is -0.216 e. The van der Waals surface area contributed by atoms with Crippen molar-refractivity contribution in [1.82, 2.24) is 4.31 Å². The first-order chi connectivity index (χ1) is 9.80. The van der Waals surface area contributed by atoms with E-state index in [2.05, 4.69) is 3.63 Å². The molecule has 0 radical (unpaired) electrons. The van der Waals surface area contributed by atoms with Gasteiger partial charge in [0, 0.05) is 12.1 Å². The lowest BCUT2D eigenvalue weighted by Gasteiger charge is -2.40. The molecule has 0 heterocycles. The number of nitrogens with one attached hydrogen (secondary N) is 1. The van der Waals surface area contributed by atoms with Crippen LogP contribution in [0.2, 0.25) is 0 Å². The predicted octanol–water partition coefficient (Wildman–Crippen LogP) is 2.05. The lowest BCUT2D eigenvalue weighted by molar-refractivity contribution is 0.165. The molecule has 0 aromatic rings. The Kier molecular flexibility index (Phi) is 5.64. The van der Waals surface area contributed by atoms with E-state index >= 15 is 0 Å². The van der Waals surface area contributed by atoms with Gasteiger partial charge in [0.05, 0.1) is 0 Å². The van der Waals surface area contributed by atoms with Crippen molar-refractivity contribution < 1.29 is 16.3 Å². The van der Waals surface area contributed by atoms with Crippen molar-refractivity contribution in [1.29, 1.82) is 4.78 Å². The van der Waals surface area contributed by atoms with Crippen molar-refractivity contribution in [3.05, 3.63) is 0 Å². The van der Waals surface area contributed by atoms with Crippen LogP contribution in [0.4, 0.5) is 0 Å². The zero-order valence-electron chi connectivity index (χ0n) is 12.2. The van der Waals surface area contributed by atoms with Crippen LogP contribution < -0.4 is 5.14 Å². The Bertz CT molecular complexity index is 517. The second-order valence-corrected chi connectivity index (χ2v) is 8.88. The standard InChI is InChI=1S/C12H25N3O4S2/c13-20(16,19-21(14,17)18)15(11-7-3-1-4-8-11)12-9-5-2-6-10-12/h11-13H,1-10H2,(H2,14,17,18). The molecular formula is C12H25N3O4S2. The van der Waals surface area contributed by atoms with Gasteiger partial charge in [0.15, 0.2) is 0 Å². The van der Waals surface area contributed by atoms with Crippen LogP contribution in [-0.2, 0) is 24.1 Å². The molecule has 0 saturated heterocycles. The highest BCUT2D eigenvalue weighted by Gasteiger charge is 2.37. The van der Waals surface area contributed by atoms with Crippen molar-refractivity contribution in [2.75, 3.05) is 0 Å². The molecule has 2 aliphatic rings. The maximum atomic E-state index is 12.6. The SMILES string of the molecule is N=S(=O)(OS(N)(=O)=O)N(C1CCCCC1)C1CCCCC1. The van der Waals surface area contributed by atoms with Crippen LogP contribution in [0.15, 0.2) is 0 Å². The van der Waals surface area contributed by atoms with Crippen LogP contribution in [-0.4, -0.2) is 29.0 Å². The van der Waals surface area contributed by atoms with E-state index in [0.717, 1.165) is 64.2 Å². The molecule has 0 aromatic carbocycles. The Morgan fingerprint density at radius 2 is 1.24 bits per heavy atom. The Hall–Kier alpha value is -0.220. The first-order valence-corrected chi connectivity index (χ1v) is 10.5. The second kappa shape index (κ2) is 6.91. The van der Waals surface area contributed by atoms with Gasteiger partial charge < -0.3 is 0 Å². The van der Waals surface area contributed by atoms with Crippen molar-refractivity contribution >= 4 is 20.5 Å². The number of nitrogens with two attached hydrogens (primary N) is 1. The third-order valence-electron chi connectivity index (χ3n) is 4.33. The molecule has 124 valence electrons. The van der Waals surface area contributed by atoms with Crippen LogP contribution in [0.5, 0.6) is 0 Å². The van der Waals surface area contributed by atoms with Gasteiger partial charge in [-0.3, -0.25) is 0 Å². The summed E-state index contributed by atoms with van der Waals surface area (Å²) in [6, 6.07) is -0.0952. The van der Waals surface area contributed by atoms with E-state index in [4.69, 9.17) is 9.92 Å². The normalized spacial score (nSPS) is 25.8. The van der Waals surface area contributed by atoms with Gasteiger partial charge in [0.25, 0.3) is 0 Å². The Morgan fingerprint density at radius 1 is 0.857 bits per heavy atom. The summed E-state index contributed by atoms with van der Waals surface area (Å²) >= 11 is 0. The molecule has 2 saturated carbocycles. The van der Waals surface area contributed by atoms with E-state index in [1.54, 1.807) is 0 Å². The smallest absolute Gasteiger partial charge is 0.216 e. The molecule has 2 rings (SSSR count). The van der Waals surface area contributed by atoms with Gasteiger partial charge in [-0.1, -0.05) is 38.5 Å². The van der Waals surface area contributed by atoms with Crippen LogP contribution >= 0.6 is 0 Å². The minimum atomic E-state index is -4.41. The predicted molar refractivity (Wildman–Crippen MR) is 80.6 cm³/mol. The highest BCUT2D eigenvalue weighted by molar-refractivity contribution is 7.98. The summed E-state index contributed by atoms with van der Waals surface area (Å²) < 4.78 is 48.9. The third kappa shape index (κ3) is 4.88. The fourth-order valence-electron chi connectivity index (χ4n) is 3.53. The number of hydrogen-bond acceptors (Lipinski definition) is 5. The Morgan fingerprint density at radius 3 is 1.57 bits per heavy atom. The van der Waals surface area contributed by atoms with Crippen LogP contribution in [0.1, 0.15) is 64.2 Å². The maximum Gasteiger partial charge on any atom is 0.347 e. The molecule has 0 spiro atoms. The number of rotatable bonds is 5. The number of nitrogens with zero attached hydrogens (tertiary/aromatic N) is 1. The van der Waals surface area contributed by atoms with Crippen molar-refractivity contribution in [3.63, 3.8) is 0 Å². The molecule has 21 heavy (non-hydrogen) atoms. The van der Waals surface area contributed by atoms with Gasteiger partial charge in [-0.25, -0.2) is 14.1 Å². The molecule has 1 unspecified atom stereocenters. The number of hydrogen-bond donors (Lipinski definition) is 2. The van der Waals surface area contributed by atoms with Crippen molar-refractivity contribution in [2.45, 2.75) is 76.3 Å². The van der Waals surface area contributed by atoms with Gasteiger partial charge in [-0.05, 0) is 25.7 Å². The molecule has 0 bridgehead atoms. The fourth-order valence-corrected chi connectivity index (χ4v) is 6.04. The largest absolute Gasteiger partial charge is 0.347 e. The summed E-state index contributed by atoms with van der Waals surface area (Å²) in [5.41, 5.74) is 0. The lowest BCUT2D eigenvalue weighted by Crippen LogP contribution is -2.49. The summed E-state index contributed by atoms with van der Waals surface area (Å²) in [6.07, 6.45) is 9.64. The molecule has 2 aliphatic carbocycles. The summed E-state index contributed by atoms with van der Waals surface area (Å²) in [5, 5.41) is 4.84. The average Bonchev–Trinajstić information content (AvgIpc) is 2.38. The van der Waals surface area contributed by atoms with Gasteiger partial charge in [-0.2, -0.15) is 12.7 Å². The summed E-state index contributed by atoms with van der Waals surface area (Å²) in [7, 11) is -8.27. The molecule has 0 aliphatic heterocycles. The quantitative estimate of drug-likeness (QED) is 0.797. The third-order valence-corrected chi connectivity index (χ3v) is 6.98. The highest BCUT2D eigenvalue weighted by Crippen LogP contribution is 2.33. The second-order valence-electron chi connectivity index (χ2n) is 5.98. The van der Waals surface area contributed by atoms with Gasteiger partial charge in [0.1, 0.15) is 0 Å². The maximum absolute atomic E-state index is 12.6. The van der Waals surface area contributed by atoms with Crippen LogP contribution in [0, 0.1) is 4.78 Å². The Balaban J connectivity index is 2.25. The monoisotopic (exact) mass is 339 g/mol. The molecule has 3 N–H and O–H groups in total. The molecule has 9 heteroatoms. The first kappa shape index (κ1) is 17.1. The topological polar surface area (TPSA) is 114 Å². The zero-order valence-corrected chi connectivity index (χ0v) is 13.8. The van der Waals surface area contributed by atoms with E-state index in [1.807, 2.05) is 0 Å². The molecule has 7 nitrogen and oxygen atoms in total. The van der Waals surface area contributed by atoms with E-state index in [-0.39, 0.29) is 12.1 Å². The average molecular weight is 339 g/mol. The van der Waals surface area contributed by atoms with Gasteiger partial charge in [0.2, 0.25) is 10.2 Å². The Labute approximate surface area is 127 Å². The van der Waals surface area contributed by atoms with E-state index in [1.165, 1.54) is 4.31 Å². The van der Waals surface area contributed by atoms with Crippen LogP contribution in [0.25, 0.3) is 0 Å². The molecular weight excluding hydrogens is 314 g/mol. The summed E-state index contributed by atoms with van der Waals surface area (Å²) in [4.78, 5) is 0. The van der Waals surface area contributed by atoms with Crippen molar-refractivity contribution in [2.24, 2.45) is 5.14 Å². The molecule has 1 atom stereocenters. The lowest BCUT2D eigenvalue weighted by atomic mass is 9.91. The molecule has 0 amide bonds. The van der Waals surface area contributed by atoms with Crippen LogP contribution in [0.3, 0.4) is 0 Å². The molecule has 2 fully saturated rings. The van der Waals surface area contributed by atoms with E-state index in [9.17, 15) is 12.6 Å². The van der Waals surface area contributed by atoms with Gasteiger partial charge in [-0.15, -0.1) is 3.63 Å². The van der Waals surface area contributed by atoms with Crippen molar-refractivity contribution in [3.8, 4) is 0 Å². The van der Waals surface area contributed by atoms with Gasteiger partial charge >= 0.3 is 10.3 Å². The fraction of sp³-hybridized carbons (Fsp3) is 1.00. The zero-order chi connectivity index (χ0) is 15.5. The minimum absolute atomic E-state index is 0.0476. The van der Waals surface area contributed by atoms with E-state index in [0.29, 0.717) is 0 Å².